The van der Waals surface area contributed by atoms with Crippen LogP contribution >= 0.6 is 11.8 Å². The fraction of sp³-hybridized carbons (Fsp3) is 0.636. The van der Waals surface area contributed by atoms with E-state index in [1.807, 2.05) is 0 Å². The second-order valence-electron chi connectivity index (χ2n) is 4.91. The Labute approximate surface area is 128 Å². The number of aliphatic hydroxyl groups excluding tert-OH is 1. The maximum absolute atomic E-state index is 12.7. The summed E-state index contributed by atoms with van der Waals surface area (Å²) in [4.78, 5) is 0.00889. The predicted octanol–water partition coefficient (Wildman–Crippen LogP) is -0.374. The van der Waals surface area contributed by atoms with E-state index in [0.717, 1.165) is 10.6 Å². The Balaban J connectivity index is 2.45. The second-order valence-corrected chi connectivity index (χ2v) is 10.2. The van der Waals surface area contributed by atoms with Crippen LogP contribution in [0.5, 0.6) is 0 Å². The van der Waals surface area contributed by atoms with Crippen LogP contribution in [-0.4, -0.2) is 60.5 Å². The highest BCUT2D eigenvalue weighted by Crippen LogP contribution is 2.28. The first kappa shape index (κ1) is 16.8. The van der Waals surface area contributed by atoms with Crippen LogP contribution in [-0.2, 0) is 33.5 Å². The Morgan fingerprint density at radius 1 is 1.38 bits per heavy atom. The maximum Gasteiger partial charge on any atom is 0.245 e. The van der Waals surface area contributed by atoms with Crippen LogP contribution in [0.1, 0.15) is 5.69 Å². The van der Waals surface area contributed by atoms with Crippen molar-refractivity contribution in [1.29, 1.82) is 0 Å². The van der Waals surface area contributed by atoms with E-state index in [0.29, 0.717) is 11.4 Å². The number of aromatic nitrogens is 1. The maximum atomic E-state index is 12.7. The van der Waals surface area contributed by atoms with E-state index >= 15 is 0 Å². The predicted molar refractivity (Wildman–Crippen MR) is 81.2 cm³/mol. The van der Waals surface area contributed by atoms with Crippen LogP contribution in [0.3, 0.4) is 0 Å². The molecule has 0 bridgehead atoms. The van der Waals surface area contributed by atoms with Crippen molar-refractivity contribution in [3.05, 3.63) is 18.0 Å². The lowest BCUT2D eigenvalue weighted by atomic mass is 10.5. The Kier molecular flexibility index (Phi) is 4.74. The van der Waals surface area contributed by atoms with Crippen LogP contribution in [0.25, 0.3) is 0 Å². The Bertz CT molecular complexity index is 723. The fourth-order valence-corrected chi connectivity index (χ4v) is 7.45. The largest absolute Gasteiger partial charge is 0.390 e. The van der Waals surface area contributed by atoms with E-state index in [2.05, 4.69) is 0 Å². The molecule has 1 unspecified atom stereocenters. The van der Waals surface area contributed by atoms with Gasteiger partial charge >= 0.3 is 0 Å². The summed E-state index contributed by atoms with van der Waals surface area (Å²) in [6, 6.07) is 1.37. The minimum atomic E-state index is -3.90. The van der Waals surface area contributed by atoms with Gasteiger partial charge in [0.05, 0.1) is 6.61 Å². The number of nitrogens with zero attached hydrogens (tertiary/aromatic N) is 2. The minimum absolute atomic E-state index is 0.00889. The molecule has 2 heterocycles. The monoisotopic (exact) mass is 354 g/mol. The van der Waals surface area contributed by atoms with Gasteiger partial charge in [0.15, 0.2) is 9.84 Å². The van der Waals surface area contributed by atoms with Gasteiger partial charge in [0.1, 0.15) is 10.3 Å². The molecular formula is C11H18N2O5S3. The molecule has 1 aliphatic heterocycles. The van der Waals surface area contributed by atoms with Gasteiger partial charge in [0.2, 0.25) is 10.0 Å². The van der Waals surface area contributed by atoms with Crippen molar-refractivity contribution in [2.75, 3.05) is 24.3 Å². The van der Waals surface area contributed by atoms with Crippen molar-refractivity contribution in [3.63, 3.8) is 0 Å². The highest BCUT2D eigenvalue weighted by Gasteiger charge is 2.39. The first-order chi connectivity index (χ1) is 9.67. The molecule has 10 heteroatoms. The summed E-state index contributed by atoms with van der Waals surface area (Å²) in [7, 11) is -5.77. The molecule has 7 nitrogen and oxygen atoms in total. The number of sulfonamides is 1. The highest BCUT2D eigenvalue weighted by atomic mass is 32.2. The number of aryl methyl sites for hydroxylation is 1. The lowest BCUT2D eigenvalue weighted by Crippen LogP contribution is -2.49. The first-order valence-electron chi connectivity index (χ1n) is 6.22. The minimum Gasteiger partial charge on any atom is -0.390 e. The molecule has 1 atom stereocenters. The van der Waals surface area contributed by atoms with E-state index < -0.39 is 25.2 Å². The highest BCUT2D eigenvalue weighted by molar-refractivity contribution is 8.01. The number of hydrogen-bond acceptors (Lipinski definition) is 6. The van der Waals surface area contributed by atoms with Crippen molar-refractivity contribution in [3.8, 4) is 0 Å². The molecular weight excluding hydrogens is 336 g/mol. The molecule has 0 aromatic carbocycles. The summed E-state index contributed by atoms with van der Waals surface area (Å²) in [5.41, 5.74) is 0.455. The molecule has 0 spiro atoms. The van der Waals surface area contributed by atoms with Crippen molar-refractivity contribution < 1.29 is 21.9 Å². The van der Waals surface area contributed by atoms with E-state index in [1.54, 1.807) is 7.05 Å². The van der Waals surface area contributed by atoms with Gasteiger partial charge in [-0.1, -0.05) is 0 Å². The zero-order chi connectivity index (χ0) is 15.8. The Morgan fingerprint density at radius 3 is 2.57 bits per heavy atom. The molecule has 1 saturated heterocycles. The number of hydrogen-bond donors (Lipinski definition) is 1. The molecule has 0 radical (unpaired) electrons. The van der Waals surface area contributed by atoms with Gasteiger partial charge in [-0.3, -0.25) is 0 Å². The Morgan fingerprint density at radius 2 is 2.05 bits per heavy atom. The topological polar surface area (TPSA) is 96.7 Å². The summed E-state index contributed by atoms with van der Waals surface area (Å²) >= 11 is 1.43. The van der Waals surface area contributed by atoms with Gasteiger partial charge in [-0.05, 0) is 6.07 Å². The van der Waals surface area contributed by atoms with Gasteiger partial charge in [-0.2, -0.15) is 16.1 Å². The van der Waals surface area contributed by atoms with Crippen LogP contribution in [0, 0.1) is 0 Å². The number of thioether (sulfide) groups is 1. The van der Waals surface area contributed by atoms with Gasteiger partial charge in [-0.25, -0.2) is 16.8 Å². The molecule has 1 N–H and O–H groups in total. The van der Waals surface area contributed by atoms with Crippen molar-refractivity contribution in [2.45, 2.75) is 16.9 Å². The molecule has 21 heavy (non-hydrogen) atoms. The summed E-state index contributed by atoms with van der Waals surface area (Å²) in [6.07, 6.45) is 2.44. The average molecular weight is 354 g/mol. The van der Waals surface area contributed by atoms with Gasteiger partial charge < -0.3 is 9.67 Å². The molecule has 1 aromatic heterocycles. The molecule has 1 aromatic rings. The first-order valence-corrected chi connectivity index (χ1v) is 10.8. The zero-order valence-electron chi connectivity index (χ0n) is 11.8. The average Bonchev–Trinajstić information content (AvgIpc) is 2.80. The van der Waals surface area contributed by atoms with E-state index in [9.17, 15) is 16.8 Å². The molecule has 1 fully saturated rings. The quantitative estimate of drug-likeness (QED) is 0.792. The molecule has 2 rings (SSSR count). The summed E-state index contributed by atoms with van der Waals surface area (Å²) in [5.74, 6) is 0.794. The van der Waals surface area contributed by atoms with Gasteiger partial charge in [0, 0.05) is 43.2 Å². The molecule has 0 aliphatic carbocycles. The lowest BCUT2D eigenvalue weighted by Gasteiger charge is -2.32. The molecule has 1 aliphatic rings. The van der Waals surface area contributed by atoms with E-state index in [1.165, 1.54) is 28.6 Å². The SMILES string of the molecule is Cn1cc(S(=O)(=O)N2CCSCC2S(C)(=O)=O)cc1CO. The number of aliphatic hydroxyl groups is 1. The van der Waals surface area contributed by atoms with Crippen molar-refractivity contribution in [2.24, 2.45) is 7.05 Å². The normalized spacial score (nSPS) is 21.6. The summed E-state index contributed by atoms with van der Waals surface area (Å²) in [5, 5.41) is 8.12. The van der Waals surface area contributed by atoms with E-state index in [-0.39, 0.29) is 23.8 Å². The Hall–Kier alpha value is -0.550. The van der Waals surface area contributed by atoms with Crippen LogP contribution in [0.15, 0.2) is 17.2 Å². The summed E-state index contributed by atoms with van der Waals surface area (Å²) in [6.45, 7) is -0.120. The van der Waals surface area contributed by atoms with Crippen LogP contribution in [0.2, 0.25) is 0 Å². The molecule has 0 saturated carbocycles. The van der Waals surface area contributed by atoms with Gasteiger partial charge in [-0.15, -0.1) is 0 Å². The van der Waals surface area contributed by atoms with Crippen LogP contribution < -0.4 is 0 Å². The van der Waals surface area contributed by atoms with Crippen molar-refractivity contribution >= 4 is 31.6 Å². The van der Waals surface area contributed by atoms with Crippen molar-refractivity contribution in [1.82, 2.24) is 8.87 Å². The third kappa shape index (κ3) is 3.29. The third-order valence-electron chi connectivity index (χ3n) is 3.38. The van der Waals surface area contributed by atoms with E-state index in [4.69, 9.17) is 5.11 Å². The van der Waals surface area contributed by atoms with Gasteiger partial charge in [0.25, 0.3) is 0 Å². The standard InChI is InChI=1S/C11H18N2O5S3/c1-12-6-10(5-9(12)7-14)21(17,18)13-3-4-19-8-11(13)20(2,15)16/h5-6,11,14H,3-4,7-8H2,1-2H3. The molecule has 120 valence electrons. The molecule has 0 amide bonds. The number of sulfone groups is 1. The summed E-state index contributed by atoms with van der Waals surface area (Å²) < 4.78 is 51.6. The second kappa shape index (κ2) is 5.92. The van der Waals surface area contributed by atoms with Crippen LogP contribution in [0.4, 0.5) is 0 Å². The smallest absolute Gasteiger partial charge is 0.245 e. The number of rotatable bonds is 4. The fourth-order valence-electron chi connectivity index (χ4n) is 2.19. The lowest BCUT2D eigenvalue weighted by molar-refractivity contribution is 0.272. The third-order valence-corrected chi connectivity index (χ3v) is 8.03. The zero-order valence-corrected chi connectivity index (χ0v) is 14.2.